The monoisotopic (exact) mass is 523 g/mol. The molecule has 0 unspecified atom stereocenters. The fraction of sp³-hybridized carbons (Fsp3) is 0.129. The standard InChI is InChI=1S/C31H29N3O3S/c1-34(22-24-13-6-3-7-14-24)30(36)25-15-10-16-26(21-25)32-31(38)33-29(35)27-17-8-9-18-28(27)37-20-19-23-11-4-2-5-12-23/h2-18,21H,19-20,22H2,1H3,(H2,32,33,35,38). The zero-order chi connectivity index (χ0) is 26.7. The number of hydrogen-bond donors (Lipinski definition) is 2. The Hall–Kier alpha value is -4.49. The molecule has 4 aromatic carbocycles. The Labute approximate surface area is 228 Å². The van der Waals surface area contributed by atoms with E-state index in [1.807, 2.05) is 66.7 Å². The van der Waals surface area contributed by atoms with Gasteiger partial charge >= 0.3 is 0 Å². The maximum atomic E-state index is 13.0. The molecule has 192 valence electrons. The first-order valence-electron chi connectivity index (χ1n) is 12.3. The van der Waals surface area contributed by atoms with E-state index in [0.29, 0.717) is 35.7 Å². The zero-order valence-electron chi connectivity index (χ0n) is 21.1. The van der Waals surface area contributed by atoms with Gasteiger partial charge in [0.1, 0.15) is 5.75 Å². The number of thiocarbonyl (C=S) groups is 1. The van der Waals surface area contributed by atoms with Gasteiger partial charge in [0.05, 0.1) is 12.2 Å². The van der Waals surface area contributed by atoms with Gasteiger partial charge in [0, 0.05) is 31.3 Å². The molecular formula is C31H29N3O3S. The molecule has 0 bridgehead atoms. The summed E-state index contributed by atoms with van der Waals surface area (Å²) in [6.07, 6.45) is 0.729. The van der Waals surface area contributed by atoms with Crippen LogP contribution in [0.1, 0.15) is 31.8 Å². The second kappa shape index (κ2) is 13.2. The summed E-state index contributed by atoms with van der Waals surface area (Å²) in [5.41, 5.74) is 3.70. The Morgan fingerprint density at radius 3 is 2.21 bits per heavy atom. The lowest BCUT2D eigenvalue weighted by Gasteiger charge is -2.18. The Balaban J connectivity index is 1.34. The number of carbonyl (C=O) groups is 2. The van der Waals surface area contributed by atoms with Gasteiger partial charge in [0.2, 0.25) is 0 Å². The van der Waals surface area contributed by atoms with Crippen molar-refractivity contribution in [2.45, 2.75) is 13.0 Å². The lowest BCUT2D eigenvalue weighted by molar-refractivity contribution is 0.0785. The van der Waals surface area contributed by atoms with Crippen LogP contribution in [0.5, 0.6) is 5.75 Å². The summed E-state index contributed by atoms with van der Waals surface area (Å²) in [6, 6.07) is 33.9. The first kappa shape index (κ1) is 26.6. The number of para-hydroxylation sites is 1. The van der Waals surface area contributed by atoms with Crippen LogP contribution < -0.4 is 15.4 Å². The van der Waals surface area contributed by atoms with Gasteiger partial charge in [-0.3, -0.25) is 14.9 Å². The normalized spacial score (nSPS) is 10.3. The smallest absolute Gasteiger partial charge is 0.261 e. The van der Waals surface area contributed by atoms with E-state index in [2.05, 4.69) is 10.6 Å². The quantitative estimate of drug-likeness (QED) is 0.275. The summed E-state index contributed by atoms with van der Waals surface area (Å²) in [5, 5.41) is 5.82. The summed E-state index contributed by atoms with van der Waals surface area (Å²) in [7, 11) is 1.76. The van der Waals surface area contributed by atoms with E-state index >= 15 is 0 Å². The third-order valence-electron chi connectivity index (χ3n) is 5.83. The van der Waals surface area contributed by atoms with E-state index < -0.39 is 0 Å². The maximum Gasteiger partial charge on any atom is 0.261 e. The molecular weight excluding hydrogens is 494 g/mol. The number of ether oxygens (including phenoxy) is 1. The third-order valence-corrected chi connectivity index (χ3v) is 6.03. The second-order valence-electron chi connectivity index (χ2n) is 8.72. The largest absolute Gasteiger partial charge is 0.492 e. The van der Waals surface area contributed by atoms with Gasteiger partial charge in [-0.05, 0) is 53.7 Å². The molecule has 0 aromatic heterocycles. The molecule has 0 radical (unpaired) electrons. The summed E-state index contributed by atoms with van der Waals surface area (Å²) in [4.78, 5) is 27.6. The predicted molar refractivity (Wildman–Crippen MR) is 154 cm³/mol. The Morgan fingerprint density at radius 1 is 0.816 bits per heavy atom. The van der Waals surface area contributed by atoms with E-state index in [9.17, 15) is 9.59 Å². The molecule has 0 aliphatic rings. The minimum absolute atomic E-state index is 0.117. The van der Waals surface area contributed by atoms with Crippen molar-refractivity contribution in [2.75, 3.05) is 19.0 Å². The molecule has 38 heavy (non-hydrogen) atoms. The van der Waals surface area contributed by atoms with Crippen molar-refractivity contribution in [3.8, 4) is 5.75 Å². The Kier molecular flexibility index (Phi) is 9.21. The summed E-state index contributed by atoms with van der Waals surface area (Å²) >= 11 is 5.37. The molecule has 0 fully saturated rings. The highest BCUT2D eigenvalue weighted by molar-refractivity contribution is 7.80. The molecule has 0 atom stereocenters. The minimum Gasteiger partial charge on any atom is -0.492 e. The van der Waals surface area contributed by atoms with Crippen LogP contribution in [0.15, 0.2) is 109 Å². The molecule has 0 spiro atoms. The lowest BCUT2D eigenvalue weighted by atomic mass is 10.1. The predicted octanol–water partition coefficient (Wildman–Crippen LogP) is 5.71. The van der Waals surface area contributed by atoms with E-state index in [1.54, 1.807) is 54.4 Å². The third kappa shape index (κ3) is 7.51. The van der Waals surface area contributed by atoms with Gasteiger partial charge in [-0.25, -0.2) is 0 Å². The number of rotatable bonds is 9. The number of amides is 2. The molecule has 0 aliphatic heterocycles. The van der Waals surface area contributed by atoms with Gasteiger partial charge in [0.15, 0.2) is 5.11 Å². The molecule has 7 heteroatoms. The van der Waals surface area contributed by atoms with Crippen LogP contribution in [0, 0.1) is 0 Å². The van der Waals surface area contributed by atoms with Crippen molar-refractivity contribution < 1.29 is 14.3 Å². The van der Waals surface area contributed by atoms with Crippen LogP contribution in [-0.2, 0) is 13.0 Å². The van der Waals surface area contributed by atoms with Crippen molar-refractivity contribution in [1.29, 1.82) is 0 Å². The molecule has 6 nitrogen and oxygen atoms in total. The van der Waals surface area contributed by atoms with Crippen molar-refractivity contribution in [1.82, 2.24) is 10.2 Å². The van der Waals surface area contributed by atoms with Crippen LogP contribution in [0.2, 0.25) is 0 Å². The average molecular weight is 524 g/mol. The van der Waals surface area contributed by atoms with Crippen LogP contribution in [0.3, 0.4) is 0 Å². The Bertz CT molecular complexity index is 1390. The van der Waals surface area contributed by atoms with E-state index in [-0.39, 0.29) is 16.9 Å². The SMILES string of the molecule is CN(Cc1ccccc1)C(=O)c1cccc(NC(=S)NC(=O)c2ccccc2OCCc2ccccc2)c1. The second-order valence-corrected chi connectivity index (χ2v) is 9.12. The van der Waals surface area contributed by atoms with Crippen LogP contribution in [0.25, 0.3) is 0 Å². The molecule has 4 rings (SSSR count). The fourth-order valence-electron chi connectivity index (χ4n) is 3.92. The molecule has 2 N–H and O–H groups in total. The number of nitrogens with one attached hydrogen (secondary N) is 2. The first-order valence-corrected chi connectivity index (χ1v) is 12.7. The highest BCUT2D eigenvalue weighted by Gasteiger charge is 2.15. The van der Waals surface area contributed by atoms with Crippen molar-refractivity contribution >= 4 is 34.8 Å². The van der Waals surface area contributed by atoms with E-state index in [0.717, 1.165) is 17.5 Å². The van der Waals surface area contributed by atoms with Crippen molar-refractivity contribution in [2.24, 2.45) is 0 Å². The average Bonchev–Trinajstić information content (AvgIpc) is 2.94. The minimum atomic E-state index is -0.382. The lowest BCUT2D eigenvalue weighted by Crippen LogP contribution is -2.34. The van der Waals surface area contributed by atoms with Crippen LogP contribution in [-0.4, -0.2) is 35.5 Å². The van der Waals surface area contributed by atoms with Gasteiger partial charge in [-0.1, -0.05) is 78.9 Å². The van der Waals surface area contributed by atoms with Gasteiger partial charge in [-0.15, -0.1) is 0 Å². The maximum absolute atomic E-state index is 13.0. The van der Waals surface area contributed by atoms with Gasteiger partial charge in [0.25, 0.3) is 11.8 Å². The van der Waals surface area contributed by atoms with Gasteiger partial charge in [-0.2, -0.15) is 0 Å². The number of carbonyl (C=O) groups excluding carboxylic acids is 2. The fourth-order valence-corrected chi connectivity index (χ4v) is 4.13. The highest BCUT2D eigenvalue weighted by Crippen LogP contribution is 2.19. The number of benzene rings is 4. The topological polar surface area (TPSA) is 70.7 Å². The molecule has 0 aliphatic carbocycles. The molecule has 4 aromatic rings. The first-order chi connectivity index (χ1) is 18.5. The molecule has 0 heterocycles. The Morgan fingerprint density at radius 2 is 1.47 bits per heavy atom. The van der Waals surface area contributed by atoms with E-state index in [4.69, 9.17) is 17.0 Å². The number of hydrogen-bond acceptors (Lipinski definition) is 4. The van der Waals surface area contributed by atoms with Crippen LogP contribution in [0.4, 0.5) is 5.69 Å². The van der Waals surface area contributed by atoms with Gasteiger partial charge < -0.3 is 15.0 Å². The summed E-state index contributed by atoms with van der Waals surface area (Å²) in [5.74, 6) is -0.0144. The van der Waals surface area contributed by atoms with Crippen molar-refractivity contribution in [3.05, 3.63) is 131 Å². The van der Waals surface area contributed by atoms with Crippen molar-refractivity contribution in [3.63, 3.8) is 0 Å². The summed E-state index contributed by atoms with van der Waals surface area (Å²) < 4.78 is 5.90. The van der Waals surface area contributed by atoms with Crippen LogP contribution >= 0.6 is 12.2 Å². The highest BCUT2D eigenvalue weighted by atomic mass is 32.1. The van der Waals surface area contributed by atoms with E-state index in [1.165, 1.54) is 0 Å². The molecule has 0 saturated carbocycles. The number of anilines is 1. The molecule has 0 saturated heterocycles. The number of nitrogens with zero attached hydrogens (tertiary/aromatic N) is 1. The molecule has 2 amide bonds. The zero-order valence-corrected chi connectivity index (χ0v) is 21.9. The summed E-state index contributed by atoms with van der Waals surface area (Å²) in [6.45, 7) is 0.940.